The van der Waals surface area contributed by atoms with Gasteiger partial charge in [0.05, 0.1) is 11.0 Å². The summed E-state index contributed by atoms with van der Waals surface area (Å²) in [7, 11) is 0. The summed E-state index contributed by atoms with van der Waals surface area (Å²) in [4.78, 5) is 21.3. The molecule has 0 radical (unpaired) electrons. The number of rotatable bonds is 5. The lowest BCUT2D eigenvalue weighted by Gasteiger charge is -2.31. The van der Waals surface area contributed by atoms with Crippen molar-refractivity contribution in [1.29, 1.82) is 0 Å². The van der Waals surface area contributed by atoms with Crippen LogP contribution in [-0.4, -0.2) is 47.2 Å². The topological polar surface area (TPSA) is 119 Å². The highest BCUT2D eigenvalue weighted by Gasteiger charge is 2.30. The first-order valence-corrected chi connectivity index (χ1v) is 8.47. The molecule has 0 unspecified atom stereocenters. The van der Waals surface area contributed by atoms with Gasteiger partial charge in [-0.2, -0.15) is 9.97 Å². The minimum atomic E-state index is -0.492. The maximum atomic E-state index is 11.4. The molecule has 2 aliphatic rings. The number of ether oxygens (including phenoxy) is 1. The highest BCUT2D eigenvalue weighted by atomic mass is 16.6. The number of nitro groups is 1. The van der Waals surface area contributed by atoms with Gasteiger partial charge in [-0.3, -0.25) is 10.1 Å². The summed E-state index contributed by atoms with van der Waals surface area (Å²) in [6.07, 6.45) is 4.28. The van der Waals surface area contributed by atoms with Gasteiger partial charge in [0.15, 0.2) is 0 Å². The second-order valence-electron chi connectivity index (χ2n) is 6.57. The Hall–Kier alpha value is -2.16. The van der Waals surface area contributed by atoms with E-state index in [0.29, 0.717) is 24.2 Å². The number of nitrogens with two attached hydrogens (primary N) is 1. The molecule has 2 aliphatic heterocycles. The van der Waals surface area contributed by atoms with Crippen molar-refractivity contribution >= 4 is 23.3 Å². The van der Waals surface area contributed by atoms with E-state index in [1.165, 1.54) is 0 Å². The van der Waals surface area contributed by atoms with Crippen LogP contribution in [0, 0.1) is 16.0 Å². The van der Waals surface area contributed by atoms with Crippen LogP contribution in [0.3, 0.4) is 0 Å². The zero-order chi connectivity index (χ0) is 17.1. The third-order valence-electron chi connectivity index (χ3n) is 4.54. The molecule has 0 amide bonds. The van der Waals surface area contributed by atoms with Crippen LogP contribution in [0.2, 0.25) is 0 Å². The molecule has 1 aromatic heterocycles. The molecule has 0 saturated carbocycles. The number of hydrogen-bond acceptors (Lipinski definition) is 8. The second-order valence-corrected chi connectivity index (χ2v) is 6.57. The van der Waals surface area contributed by atoms with Crippen molar-refractivity contribution in [3.63, 3.8) is 0 Å². The van der Waals surface area contributed by atoms with E-state index in [4.69, 9.17) is 10.5 Å². The number of hydrogen-bond donors (Lipinski definition) is 2. The molecule has 9 heteroatoms. The highest BCUT2D eigenvalue weighted by molar-refractivity contribution is 5.71. The molecular weight excluding hydrogens is 312 g/mol. The van der Waals surface area contributed by atoms with Gasteiger partial charge in [-0.05, 0) is 31.6 Å². The van der Waals surface area contributed by atoms with E-state index in [9.17, 15) is 10.1 Å². The summed E-state index contributed by atoms with van der Waals surface area (Å²) in [6, 6.07) is 0. The summed E-state index contributed by atoms with van der Waals surface area (Å²) in [5.41, 5.74) is 5.66. The Kier molecular flexibility index (Phi) is 4.98. The smallest absolute Gasteiger partial charge is 0.353 e. The first-order valence-electron chi connectivity index (χ1n) is 8.47. The molecular formula is C15H24N6O3. The zero-order valence-corrected chi connectivity index (χ0v) is 13.9. The van der Waals surface area contributed by atoms with E-state index in [1.54, 1.807) is 0 Å². The number of nitrogens with zero attached hydrogens (tertiary/aromatic N) is 4. The predicted molar refractivity (Wildman–Crippen MR) is 91.2 cm³/mol. The van der Waals surface area contributed by atoms with Crippen molar-refractivity contribution in [2.75, 3.05) is 42.2 Å². The first kappa shape index (κ1) is 16.7. The van der Waals surface area contributed by atoms with Gasteiger partial charge in [-0.15, -0.1) is 0 Å². The lowest BCUT2D eigenvalue weighted by Crippen LogP contribution is -2.35. The summed E-state index contributed by atoms with van der Waals surface area (Å²) in [5, 5.41) is 14.5. The van der Waals surface area contributed by atoms with Gasteiger partial charge >= 0.3 is 5.69 Å². The molecule has 132 valence electrons. The van der Waals surface area contributed by atoms with Crippen LogP contribution in [0.25, 0.3) is 0 Å². The summed E-state index contributed by atoms with van der Waals surface area (Å²) in [5.74, 6) is 1.01. The number of nitrogens with one attached hydrogen (secondary N) is 1. The van der Waals surface area contributed by atoms with Gasteiger partial charge in [0.1, 0.15) is 0 Å². The van der Waals surface area contributed by atoms with E-state index in [1.807, 2.05) is 4.90 Å². The van der Waals surface area contributed by atoms with Crippen LogP contribution in [0.15, 0.2) is 0 Å². The summed E-state index contributed by atoms with van der Waals surface area (Å²) in [6.45, 7) is 4.97. The Morgan fingerprint density at radius 1 is 1.42 bits per heavy atom. The second kappa shape index (κ2) is 7.16. The van der Waals surface area contributed by atoms with E-state index in [2.05, 4.69) is 22.2 Å². The average molecular weight is 336 g/mol. The Balaban J connectivity index is 1.84. The van der Waals surface area contributed by atoms with Crippen molar-refractivity contribution < 1.29 is 9.66 Å². The molecule has 0 aliphatic carbocycles. The third-order valence-corrected chi connectivity index (χ3v) is 4.54. The molecule has 0 spiro atoms. The number of anilines is 3. The van der Waals surface area contributed by atoms with Crippen LogP contribution in [-0.2, 0) is 4.74 Å². The molecule has 3 heterocycles. The molecule has 2 saturated heterocycles. The third kappa shape index (κ3) is 3.66. The van der Waals surface area contributed by atoms with Gasteiger partial charge in [0.25, 0.3) is 0 Å². The van der Waals surface area contributed by atoms with Gasteiger partial charge in [-0.25, -0.2) is 0 Å². The largest absolute Gasteiger partial charge is 0.378 e. The molecule has 2 fully saturated rings. The van der Waals surface area contributed by atoms with E-state index in [-0.39, 0.29) is 17.6 Å². The van der Waals surface area contributed by atoms with Gasteiger partial charge in [0.2, 0.25) is 17.6 Å². The van der Waals surface area contributed by atoms with E-state index < -0.39 is 4.92 Å². The quantitative estimate of drug-likeness (QED) is 0.617. The van der Waals surface area contributed by atoms with Crippen molar-refractivity contribution in [1.82, 2.24) is 9.97 Å². The molecule has 0 bridgehead atoms. The summed E-state index contributed by atoms with van der Waals surface area (Å²) >= 11 is 0. The van der Waals surface area contributed by atoms with Crippen molar-refractivity contribution in [2.24, 2.45) is 5.92 Å². The maximum absolute atomic E-state index is 11.4. The van der Waals surface area contributed by atoms with Gasteiger partial charge in [-0.1, -0.05) is 6.92 Å². The van der Waals surface area contributed by atoms with Crippen LogP contribution < -0.4 is 16.0 Å². The fourth-order valence-corrected chi connectivity index (χ4v) is 3.33. The lowest BCUT2D eigenvalue weighted by atomic mass is 10.0. The summed E-state index contributed by atoms with van der Waals surface area (Å²) < 4.78 is 5.56. The Bertz CT molecular complexity index is 605. The molecule has 3 N–H and O–H groups in total. The fourth-order valence-electron chi connectivity index (χ4n) is 3.33. The van der Waals surface area contributed by atoms with E-state index >= 15 is 0 Å². The fraction of sp³-hybridized carbons (Fsp3) is 0.733. The molecule has 1 aromatic rings. The SMILES string of the molecule is C[C@H]1CCCN(c2nc(NC[C@H]3CCCO3)nc(N)c2[N+](=O)[O-])C1. The lowest BCUT2D eigenvalue weighted by molar-refractivity contribution is -0.383. The number of piperidine rings is 1. The number of aromatic nitrogens is 2. The standard InChI is InChI=1S/C15H24N6O3/c1-10-4-2-6-20(9-10)14-12(21(22)23)13(16)18-15(19-14)17-8-11-5-3-7-24-11/h10-11H,2-9H2,1H3,(H3,16,17,18,19)/t10-,11+/m0/s1. The first-order chi connectivity index (χ1) is 11.5. The van der Waals surface area contributed by atoms with Crippen LogP contribution in [0.5, 0.6) is 0 Å². The highest BCUT2D eigenvalue weighted by Crippen LogP contribution is 2.34. The van der Waals surface area contributed by atoms with Gasteiger partial charge < -0.3 is 20.7 Å². The predicted octanol–water partition coefficient (Wildman–Crippen LogP) is 1.79. The molecule has 3 rings (SSSR count). The molecule has 24 heavy (non-hydrogen) atoms. The number of nitrogen functional groups attached to an aromatic ring is 1. The minimum Gasteiger partial charge on any atom is -0.378 e. The Labute approximate surface area is 140 Å². The van der Waals surface area contributed by atoms with Crippen molar-refractivity contribution in [3.8, 4) is 0 Å². The Morgan fingerprint density at radius 2 is 2.25 bits per heavy atom. The molecule has 9 nitrogen and oxygen atoms in total. The average Bonchev–Trinajstić information content (AvgIpc) is 3.05. The monoisotopic (exact) mass is 336 g/mol. The molecule has 2 atom stereocenters. The van der Waals surface area contributed by atoms with Crippen LogP contribution in [0.1, 0.15) is 32.6 Å². The van der Waals surface area contributed by atoms with Crippen molar-refractivity contribution in [2.45, 2.75) is 38.7 Å². The van der Waals surface area contributed by atoms with Crippen LogP contribution >= 0.6 is 0 Å². The van der Waals surface area contributed by atoms with Crippen LogP contribution in [0.4, 0.5) is 23.3 Å². The normalized spacial score (nSPS) is 24.1. The Morgan fingerprint density at radius 3 is 2.92 bits per heavy atom. The maximum Gasteiger partial charge on any atom is 0.353 e. The van der Waals surface area contributed by atoms with E-state index in [0.717, 1.165) is 45.4 Å². The zero-order valence-electron chi connectivity index (χ0n) is 13.9. The van der Waals surface area contributed by atoms with Crippen molar-refractivity contribution in [3.05, 3.63) is 10.1 Å². The van der Waals surface area contributed by atoms with Gasteiger partial charge in [0, 0.05) is 26.2 Å². The minimum absolute atomic E-state index is 0.0990. The molecule has 0 aromatic carbocycles.